The molecule has 10 heavy (non-hydrogen) atoms. The lowest BCUT2D eigenvalue weighted by Crippen LogP contribution is -2.16. The highest BCUT2D eigenvalue weighted by atomic mass is 14.3. The molecule has 0 heteroatoms. The Bertz CT molecular complexity index is 140. The number of rotatable bonds is 0. The smallest absolute Gasteiger partial charge is 0.0269 e. The van der Waals surface area contributed by atoms with Crippen LogP contribution in [-0.4, -0.2) is 0 Å². The summed E-state index contributed by atoms with van der Waals surface area (Å²) in [5.74, 6) is 0. The molecule has 1 aliphatic rings. The minimum absolute atomic E-state index is 0.583. The van der Waals surface area contributed by atoms with Crippen LogP contribution in [0.3, 0.4) is 0 Å². The van der Waals surface area contributed by atoms with Gasteiger partial charge in [0.2, 0.25) is 0 Å². The fourth-order valence-electron chi connectivity index (χ4n) is 1.83. The third kappa shape index (κ3) is 1.86. The zero-order valence-electron chi connectivity index (χ0n) is 7.41. The van der Waals surface area contributed by atoms with Gasteiger partial charge in [-0.2, -0.15) is 0 Å². The summed E-state index contributed by atoms with van der Waals surface area (Å²) >= 11 is 0. The van der Waals surface area contributed by atoms with Crippen LogP contribution < -0.4 is 0 Å². The standard InChI is InChI=1S/C10H18/c1-4-9-6-5-7-10(2,3)8-9/h4H,5-8H2,1-3H3/b9-4+. The van der Waals surface area contributed by atoms with E-state index in [0.29, 0.717) is 5.41 Å². The largest absolute Gasteiger partial charge is 0.0884 e. The Labute approximate surface area is 64.3 Å². The first-order chi connectivity index (χ1) is 4.64. The molecule has 0 spiro atoms. The number of allylic oxidation sites excluding steroid dienone is 2. The first-order valence-electron chi connectivity index (χ1n) is 4.28. The molecule has 0 bridgehead atoms. The highest BCUT2D eigenvalue weighted by Gasteiger charge is 2.22. The third-order valence-electron chi connectivity index (χ3n) is 2.47. The molecule has 0 radical (unpaired) electrons. The van der Waals surface area contributed by atoms with Crippen molar-refractivity contribution in [2.45, 2.75) is 46.5 Å². The summed E-state index contributed by atoms with van der Waals surface area (Å²) in [6, 6.07) is 0. The second-order valence-electron chi connectivity index (χ2n) is 4.14. The van der Waals surface area contributed by atoms with E-state index in [1.54, 1.807) is 5.57 Å². The molecule has 0 aliphatic heterocycles. The van der Waals surface area contributed by atoms with Crippen molar-refractivity contribution in [3.05, 3.63) is 11.6 Å². The summed E-state index contributed by atoms with van der Waals surface area (Å²) in [6.45, 7) is 6.90. The number of hydrogen-bond donors (Lipinski definition) is 0. The average molecular weight is 138 g/mol. The quantitative estimate of drug-likeness (QED) is 0.449. The summed E-state index contributed by atoms with van der Waals surface area (Å²) in [6.07, 6.45) is 7.77. The Morgan fingerprint density at radius 3 is 2.50 bits per heavy atom. The normalized spacial score (nSPS) is 28.9. The van der Waals surface area contributed by atoms with E-state index in [9.17, 15) is 0 Å². The lowest BCUT2D eigenvalue weighted by atomic mass is 9.75. The molecule has 0 aromatic rings. The molecule has 58 valence electrons. The van der Waals surface area contributed by atoms with Gasteiger partial charge < -0.3 is 0 Å². The molecule has 0 unspecified atom stereocenters. The Kier molecular flexibility index (Phi) is 2.18. The SMILES string of the molecule is C/C=C1\CCCC(C)(C)C1. The fraction of sp³-hybridized carbons (Fsp3) is 0.800. The molecule has 0 aromatic heterocycles. The lowest BCUT2D eigenvalue weighted by molar-refractivity contribution is 0.289. The van der Waals surface area contributed by atoms with E-state index in [2.05, 4.69) is 26.8 Å². The maximum atomic E-state index is 2.37. The molecule has 1 fully saturated rings. The van der Waals surface area contributed by atoms with Gasteiger partial charge in [0.25, 0.3) is 0 Å². The molecule has 0 atom stereocenters. The fourth-order valence-corrected chi connectivity index (χ4v) is 1.83. The van der Waals surface area contributed by atoms with Gasteiger partial charge in [-0.25, -0.2) is 0 Å². The Morgan fingerprint density at radius 2 is 2.10 bits per heavy atom. The minimum Gasteiger partial charge on any atom is -0.0884 e. The van der Waals surface area contributed by atoms with Gasteiger partial charge in [-0.15, -0.1) is 0 Å². The van der Waals surface area contributed by atoms with Crippen molar-refractivity contribution >= 4 is 0 Å². The summed E-state index contributed by atoms with van der Waals surface area (Å²) < 4.78 is 0. The van der Waals surface area contributed by atoms with Crippen LogP contribution in [0.15, 0.2) is 11.6 Å². The molecule has 0 amide bonds. The van der Waals surface area contributed by atoms with Crippen LogP contribution in [0.1, 0.15) is 46.5 Å². The molecular weight excluding hydrogens is 120 g/mol. The molecule has 1 aliphatic carbocycles. The lowest BCUT2D eigenvalue weighted by Gasteiger charge is -2.31. The first-order valence-corrected chi connectivity index (χ1v) is 4.28. The molecule has 0 nitrogen and oxygen atoms in total. The maximum Gasteiger partial charge on any atom is -0.0269 e. The van der Waals surface area contributed by atoms with E-state index in [4.69, 9.17) is 0 Å². The summed E-state index contributed by atoms with van der Waals surface area (Å²) in [5.41, 5.74) is 2.25. The van der Waals surface area contributed by atoms with Crippen LogP contribution in [0.25, 0.3) is 0 Å². The zero-order valence-corrected chi connectivity index (χ0v) is 7.41. The van der Waals surface area contributed by atoms with Gasteiger partial charge in [0.15, 0.2) is 0 Å². The Balaban J connectivity index is 2.56. The Morgan fingerprint density at radius 1 is 1.40 bits per heavy atom. The molecule has 0 heterocycles. The van der Waals surface area contributed by atoms with Crippen molar-refractivity contribution in [2.75, 3.05) is 0 Å². The summed E-state index contributed by atoms with van der Waals surface area (Å²) in [4.78, 5) is 0. The van der Waals surface area contributed by atoms with E-state index in [1.165, 1.54) is 25.7 Å². The molecular formula is C10H18. The second-order valence-corrected chi connectivity index (χ2v) is 4.14. The van der Waals surface area contributed by atoms with Gasteiger partial charge in [-0.3, -0.25) is 0 Å². The van der Waals surface area contributed by atoms with Crippen LogP contribution in [0.4, 0.5) is 0 Å². The van der Waals surface area contributed by atoms with Crippen molar-refractivity contribution in [1.82, 2.24) is 0 Å². The van der Waals surface area contributed by atoms with Crippen molar-refractivity contribution in [1.29, 1.82) is 0 Å². The monoisotopic (exact) mass is 138 g/mol. The Hall–Kier alpha value is -0.260. The second kappa shape index (κ2) is 2.77. The van der Waals surface area contributed by atoms with Crippen molar-refractivity contribution in [3.63, 3.8) is 0 Å². The van der Waals surface area contributed by atoms with Crippen LogP contribution >= 0.6 is 0 Å². The van der Waals surface area contributed by atoms with Gasteiger partial charge in [-0.1, -0.05) is 25.5 Å². The maximum absolute atomic E-state index is 2.37. The van der Waals surface area contributed by atoms with Crippen molar-refractivity contribution in [3.8, 4) is 0 Å². The van der Waals surface area contributed by atoms with Gasteiger partial charge in [0.1, 0.15) is 0 Å². The molecule has 1 saturated carbocycles. The molecule has 0 saturated heterocycles. The van der Waals surface area contributed by atoms with E-state index in [1.807, 2.05) is 0 Å². The van der Waals surface area contributed by atoms with Gasteiger partial charge in [-0.05, 0) is 38.0 Å². The highest BCUT2D eigenvalue weighted by Crippen LogP contribution is 2.37. The van der Waals surface area contributed by atoms with E-state index < -0.39 is 0 Å². The van der Waals surface area contributed by atoms with Crippen LogP contribution in [0.2, 0.25) is 0 Å². The van der Waals surface area contributed by atoms with E-state index in [-0.39, 0.29) is 0 Å². The van der Waals surface area contributed by atoms with E-state index >= 15 is 0 Å². The summed E-state index contributed by atoms with van der Waals surface area (Å²) in [5, 5.41) is 0. The molecule has 1 rings (SSSR count). The van der Waals surface area contributed by atoms with Crippen LogP contribution in [0, 0.1) is 5.41 Å². The van der Waals surface area contributed by atoms with E-state index in [0.717, 1.165) is 0 Å². The summed E-state index contributed by atoms with van der Waals surface area (Å²) in [7, 11) is 0. The minimum atomic E-state index is 0.583. The van der Waals surface area contributed by atoms with Crippen molar-refractivity contribution in [2.24, 2.45) is 5.41 Å². The van der Waals surface area contributed by atoms with Gasteiger partial charge in [0.05, 0.1) is 0 Å². The van der Waals surface area contributed by atoms with Crippen LogP contribution in [0.5, 0.6) is 0 Å². The topological polar surface area (TPSA) is 0 Å². The first kappa shape index (κ1) is 7.84. The van der Waals surface area contributed by atoms with Gasteiger partial charge in [0, 0.05) is 0 Å². The molecule has 0 aromatic carbocycles. The average Bonchev–Trinajstić information content (AvgIpc) is 1.86. The third-order valence-corrected chi connectivity index (χ3v) is 2.47. The molecule has 0 N–H and O–H groups in total. The zero-order chi connectivity index (χ0) is 7.61. The predicted molar refractivity (Wildman–Crippen MR) is 46.0 cm³/mol. The number of hydrogen-bond acceptors (Lipinski definition) is 0. The van der Waals surface area contributed by atoms with Crippen LogP contribution in [-0.2, 0) is 0 Å². The predicted octanol–water partition coefficient (Wildman–Crippen LogP) is 3.53. The highest BCUT2D eigenvalue weighted by molar-refractivity contribution is 5.06. The van der Waals surface area contributed by atoms with Gasteiger partial charge >= 0.3 is 0 Å². The van der Waals surface area contributed by atoms with Crippen molar-refractivity contribution < 1.29 is 0 Å².